The van der Waals surface area contributed by atoms with Gasteiger partial charge < -0.3 is 0 Å². The fraction of sp³-hybridized carbons (Fsp3) is 0.227. The van der Waals surface area contributed by atoms with Crippen LogP contribution in [-0.2, 0) is 0 Å². The molecule has 122 valence electrons. The van der Waals surface area contributed by atoms with Crippen molar-refractivity contribution in [3.8, 4) is 0 Å². The molecule has 0 atom stereocenters. The SMILES string of the molecule is CC1=C(C)C(c2ccccc2C=NNc2ccccc2)C(C)=C1C. The Labute approximate surface area is 144 Å². The Kier molecular flexibility index (Phi) is 4.66. The van der Waals surface area contributed by atoms with Crippen molar-refractivity contribution < 1.29 is 0 Å². The second kappa shape index (κ2) is 6.88. The van der Waals surface area contributed by atoms with Crippen molar-refractivity contribution in [2.45, 2.75) is 33.6 Å². The van der Waals surface area contributed by atoms with Gasteiger partial charge in [0.25, 0.3) is 0 Å². The van der Waals surface area contributed by atoms with E-state index >= 15 is 0 Å². The average molecular weight is 316 g/mol. The van der Waals surface area contributed by atoms with Gasteiger partial charge in [-0.25, -0.2) is 0 Å². The third-order valence-electron chi connectivity index (χ3n) is 5.09. The summed E-state index contributed by atoms with van der Waals surface area (Å²) < 4.78 is 0. The molecule has 0 saturated carbocycles. The van der Waals surface area contributed by atoms with E-state index in [1.54, 1.807) is 0 Å². The first-order valence-electron chi connectivity index (χ1n) is 8.37. The first kappa shape index (κ1) is 16.3. The summed E-state index contributed by atoms with van der Waals surface area (Å²) in [6.45, 7) is 8.94. The van der Waals surface area contributed by atoms with E-state index in [1.807, 2.05) is 36.5 Å². The van der Waals surface area contributed by atoms with Crippen LogP contribution in [0.15, 0.2) is 82.0 Å². The molecule has 1 aliphatic rings. The molecule has 1 aliphatic carbocycles. The number of allylic oxidation sites excluding steroid dienone is 4. The normalized spacial score (nSPS) is 15.7. The quantitative estimate of drug-likeness (QED) is 0.551. The van der Waals surface area contributed by atoms with Crippen LogP contribution in [0.25, 0.3) is 0 Å². The van der Waals surface area contributed by atoms with Gasteiger partial charge in [-0.3, -0.25) is 5.43 Å². The molecule has 0 bridgehead atoms. The second-order valence-corrected chi connectivity index (χ2v) is 6.41. The number of anilines is 1. The van der Waals surface area contributed by atoms with Gasteiger partial charge in [0.2, 0.25) is 0 Å². The Morgan fingerprint density at radius 3 is 2.04 bits per heavy atom. The summed E-state index contributed by atoms with van der Waals surface area (Å²) in [7, 11) is 0. The number of para-hydroxylation sites is 1. The Balaban J connectivity index is 1.90. The molecule has 0 radical (unpaired) electrons. The van der Waals surface area contributed by atoms with Crippen LogP contribution < -0.4 is 5.43 Å². The highest BCUT2D eigenvalue weighted by molar-refractivity contribution is 5.83. The Morgan fingerprint density at radius 2 is 1.38 bits per heavy atom. The average Bonchev–Trinajstić information content (AvgIpc) is 2.80. The van der Waals surface area contributed by atoms with E-state index in [1.165, 1.54) is 27.9 Å². The first-order valence-corrected chi connectivity index (χ1v) is 8.37. The van der Waals surface area contributed by atoms with Crippen LogP contribution in [0.2, 0.25) is 0 Å². The third kappa shape index (κ3) is 3.05. The number of nitrogens with zero attached hydrogens (tertiary/aromatic N) is 1. The zero-order chi connectivity index (χ0) is 17.1. The summed E-state index contributed by atoms with van der Waals surface area (Å²) in [5.41, 5.74) is 12.3. The van der Waals surface area contributed by atoms with Crippen molar-refractivity contribution in [1.82, 2.24) is 0 Å². The zero-order valence-electron chi connectivity index (χ0n) is 14.8. The fourth-order valence-corrected chi connectivity index (χ4v) is 3.40. The summed E-state index contributed by atoms with van der Waals surface area (Å²) in [6.07, 6.45) is 1.92. The van der Waals surface area contributed by atoms with Crippen molar-refractivity contribution in [2.75, 3.05) is 5.43 Å². The Bertz CT molecular complexity index is 802. The van der Waals surface area contributed by atoms with Gasteiger partial charge in [-0.1, -0.05) is 53.6 Å². The Morgan fingerprint density at radius 1 is 0.792 bits per heavy atom. The molecule has 0 heterocycles. The molecule has 0 saturated heterocycles. The van der Waals surface area contributed by atoms with Crippen molar-refractivity contribution in [2.24, 2.45) is 5.10 Å². The number of hydrazone groups is 1. The highest BCUT2D eigenvalue weighted by Crippen LogP contribution is 2.43. The summed E-state index contributed by atoms with van der Waals surface area (Å²) in [5, 5.41) is 4.42. The Hall–Kier alpha value is -2.61. The maximum Gasteiger partial charge on any atom is 0.0561 e. The van der Waals surface area contributed by atoms with Crippen molar-refractivity contribution >= 4 is 11.9 Å². The maximum absolute atomic E-state index is 4.42. The van der Waals surface area contributed by atoms with Crippen molar-refractivity contribution in [3.05, 3.63) is 88.0 Å². The molecule has 3 rings (SSSR count). The van der Waals surface area contributed by atoms with Gasteiger partial charge in [0.15, 0.2) is 0 Å². The van der Waals surface area contributed by atoms with Gasteiger partial charge in [0.05, 0.1) is 11.9 Å². The molecule has 0 spiro atoms. The smallest absolute Gasteiger partial charge is 0.0561 e. The number of rotatable bonds is 4. The molecule has 2 heteroatoms. The van der Waals surface area contributed by atoms with E-state index in [-0.39, 0.29) is 0 Å². The number of hydrogen-bond donors (Lipinski definition) is 1. The minimum atomic E-state index is 0.365. The summed E-state index contributed by atoms with van der Waals surface area (Å²) >= 11 is 0. The molecule has 2 nitrogen and oxygen atoms in total. The molecular formula is C22H24N2. The van der Waals surface area contributed by atoms with Crippen LogP contribution >= 0.6 is 0 Å². The monoisotopic (exact) mass is 316 g/mol. The van der Waals surface area contributed by atoms with Gasteiger partial charge >= 0.3 is 0 Å². The number of benzene rings is 2. The van der Waals surface area contributed by atoms with Crippen LogP contribution in [-0.4, -0.2) is 6.21 Å². The highest BCUT2D eigenvalue weighted by Gasteiger charge is 2.26. The zero-order valence-corrected chi connectivity index (χ0v) is 14.8. The highest BCUT2D eigenvalue weighted by atomic mass is 15.3. The summed E-state index contributed by atoms with van der Waals surface area (Å²) in [4.78, 5) is 0. The molecule has 0 aromatic heterocycles. The van der Waals surface area contributed by atoms with Gasteiger partial charge in [-0.15, -0.1) is 0 Å². The molecule has 0 unspecified atom stereocenters. The topological polar surface area (TPSA) is 24.4 Å². The van der Waals surface area contributed by atoms with Crippen LogP contribution in [0.3, 0.4) is 0 Å². The minimum absolute atomic E-state index is 0.365. The maximum atomic E-state index is 4.42. The molecule has 1 N–H and O–H groups in total. The lowest BCUT2D eigenvalue weighted by Gasteiger charge is -2.18. The van der Waals surface area contributed by atoms with Gasteiger partial charge in [-0.2, -0.15) is 5.10 Å². The van der Waals surface area contributed by atoms with Gasteiger partial charge in [0, 0.05) is 5.92 Å². The van der Waals surface area contributed by atoms with Crippen LogP contribution in [0.5, 0.6) is 0 Å². The largest absolute Gasteiger partial charge is 0.279 e. The molecule has 0 aliphatic heterocycles. The minimum Gasteiger partial charge on any atom is -0.279 e. The molecule has 2 aromatic carbocycles. The van der Waals surface area contributed by atoms with E-state index < -0.39 is 0 Å². The second-order valence-electron chi connectivity index (χ2n) is 6.41. The lowest BCUT2D eigenvalue weighted by atomic mass is 9.86. The summed E-state index contributed by atoms with van der Waals surface area (Å²) in [6, 6.07) is 18.5. The van der Waals surface area contributed by atoms with Crippen LogP contribution in [0.1, 0.15) is 44.7 Å². The number of nitrogens with one attached hydrogen (secondary N) is 1. The van der Waals surface area contributed by atoms with E-state index in [0.29, 0.717) is 5.92 Å². The standard InChI is InChI=1S/C22H24N2/c1-15-16(2)18(4)22(17(15)3)21-13-9-8-10-19(21)14-23-24-20-11-6-5-7-12-20/h5-14,22,24H,1-4H3. The molecule has 24 heavy (non-hydrogen) atoms. The third-order valence-corrected chi connectivity index (χ3v) is 5.09. The number of hydrogen-bond acceptors (Lipinski definition) is 2. The molecule has 0 fully saturated rings. The fourth-order valence-electron chi connectivity index (χ4n) is 3.40. The summed E-state index contributed by atoms with van der Waals surface area (Å²) in [5.74, 6) is 0.365. The first-order chi connectivity index (χ1) is 11.6. The van der Waals surface area contributed by atoms with E-state index in [9.17, 15) is 0 Å². The lowest BCUT2D eigenvalue weighted by Crippen LogP contribution is -2.04. The van der Waals surface area contributed by atoms with Crippen molar-refractivity contribution in [3.63, 3.8) is 0 Å². The van der Waals surface area contributed by atoms with E-state index in [0.717, 1.165) is 11.3 Å². The van der Waals surface area contributed by atoms with Crippen LogP contribution in [0, 0.1) is 0 Å². The predicted molar refractivity (Wildman–Crippen MR) is 104 cm³/mol. The van der Waals surface area contributed by atoms with Crippen molar-refractivity contribution in [1.29, 1.82) is 0 Å². The lowest BCUT2D eigenvalue weighted by molar-refractivity contribution is 0.933. The molecule has 0 amide bonds. The van der Waals surface area contributed by atoms with Gasteiger partial charge in [0.1, 0.15) is 0 Å². The van der Waals surface area contributed by atoms with E-state index in [4.69, 9.17) is 0 Å². The van der Waals surface area contributed by atoms with Crippen LogP contribution in [0.4, 0.5) is 5.69 Å². The molecule has 2 aromatic rings. The van der Waals surface area contributed by atoms with Gasteiger partial charge in [-0.05, 0) is 62.1 Å². The van der Waals surface area contributed by atoms with E-state index in [2.05, 4.69) is 62.5 Å². The molecular weight excluding hydrogens is 292 g/mol. The predicted octanol–water partition coefficient (Wildman–Crippen LogP) is 5.90.